The molecule has 2 aromatic carbocycles. The van der Waals surface area contributed by atoms with Crippen molar-refractivity contribution in [2.75, 3.05) is 13.2 Å². The van der Waals surface area contributed by atoms with E-state index in [9.17, 15) is 39.2 Å². The van der Waals surface area contributed by atoms with E-state index in [-0.39, 0.29) is 42.8 Å². The lowest BCUT2D eigenvalue weighted by Gasteiger charge is -2.22. The van der Waals surface area contributed by atoms with Crippen molar-refractivity contribution in [2.24, 2.45) is 0 Å². The van der Waals surface area contributed by atoms with Crippen molar-refractivity contribution in [3.63, 3.8) is 0 Å². The van der Waals surface area contributed by atoms with Gasteiger partial charge in [0.15, 0.2) is 0 Å². The van der Waals surface area contributed by atoms with Crippen LogP contribution in [0.25, 0.3) is 11.1 Å². The Balaban J connectivity index is 1.81. The van der Waals surface area contributed by atoms with Crippen LogP contribution in [0.4, 0.5) is 30.7 Å². The van der Waals surface area contributed by atoms with Gasteiger partial charge in [-0.05, 0) is 47.5 Å². The largest absolute Gasteiger partial charge is 0.476 e. The molecule has 0 bridgehead atoms. The van der Waals surface area contributed by atoms with Crippen LogP contribution in [-0.4, -0.2) is 30.9 Å². The smallest absolute Gasteiger partial charge is 0.416 e. The first-order valence-electron chi connectivity index (χ1n) is 9.93. The van der Waals surface area contributed by atoms with Gasteiger partial charge in [0.05, 0.1) is 16.0 Å². The van der Waals surface area contributed by atoms with Crippen LogP contribution >= 0.6 is 0 Å². The third kappa shape index (κ3) is 5.10. The molecule has 0 N–H and O–H groups in total. The lowest BCUT2D eigenvalue weighted by Crippen LogP contribution is -2.33. The van der Waals surface area contributed by atoms with E-state index in [1.807, 2.05) is 0 Å². The minimum Gasteiger partial charge on any atom is -0.476 e. The molecule has 13 heteroatoms. The molecule has 0 saturated carbocycles. The Kier molecular flexibility index (Phi) is 6.26. The maximum absolute atomic E-state index is 13.8. The molecule has 4 rings (SSSR count). The molecule has 186 valence electrons. The molecule has 0 aliphatic carbocycles. The molecular weight excluding hydrogens is 505 g/mol. The number of rotatable bonds is 3. The maximum atomic E-state index is 13.8. The Morgan fingerprint density at radius 1 is 0.914 bits per heavy atom. The molecule has 0 spiro atoms. The summed E-state index contributed by atoms with van der Waals surface area (Å²) in [6.45, 7) is -1.12. The second-order valence-corrected chi connectivity index (χ2v) is 9.52. The van der Waals surface area contributed by atoms with Crippen LogP contribution in [0.1, 0.15) is 16.7 Å². The van der Waals surface area contributed by atoms with Crippen LogP contribution < -0.4 is 4.74 Å². The summed E-state index contributed by atoms with van der Waals surface area (Å²) in [7, 11) is -4.85. The van der Waals surface area contributed by atoms with E-state index in [1.54, 1.807) is 6.07 Å². The Labute approximate surface area is 194 Å². The topological polar surface area (TPSA) is 59.5 Å². The molecule has 0 unspecified atom stereocenters. The van der Waals surface area contributed by atoms with Crippen molar-refractivity contribution in [3.8, 4) is 17.0 Å². The number of halogens is 7. The second kappa shape index (κ2) is 8.79. The highest BCUT2D eigenvalue weighted by Gasteiger charge is 2.39. The van der Waals surface area contributed by atoms with E-state index in [4.69, 9.17) is 4.74 Å². The molecular formula is C22H15F7N2O3S. The van der Waals surface area contributed by atoms with Crippen LogP contribution in [0, 0.1) is 5.82 Å². The Morgan fingerprint density at radius 3 is 2.17 bits per heavy atom. The van der Waals surface area contributed by atoms with Gasteiger partial charge >= 0.3 is 12.4 Å². The van der Waals surface area contributed by atoms with E-state index in [0.717, 1.165) is 0 Å². The third-order valence-corrected chi connectivity index (χ3v) is 7.09. The number of nitrogens with zero attached hydrogens (tertiary/aromatic N) is 2. The molecule has 1 aliphatic heterocycles. The van der Waals surface area contributed by atoms with Crippen molar-refractivity contribution in [1.29, 1.82) is 0 Å². The van der Waals surface area contributed by atoms with Crippen LogP contribution in [-0.2, 0) is 28.9 Å². The summed E-state index contributed by atoms with van der Waals surface area (Å²) in [5.74, 6) is -0.555. The van der Waals surface area contributed by atoms with Gasteiger partial charge in [0.1, 0.15) is 12.4 Å². The minimum atomic E-state index is -5.21. The number of hydrogen-bond acceptors (Lipinski definition) is 4. The van der Waals surface area contributed by atoms with Crippen LogP contribution in [0.3, 0.4) is 0 Å². The number of sulfonamides is 1. The summed E-state index contributed by atoms with van der Waals surface area (Å²) in [5.41, 5.74) is -2.62. The van der Waals surface area contributed by atoms with Crippen molar-refractivity contribution in [2.45, 2.75) is 23.8 Å². The lowest BCUT2D eigenvalue weighted by molar-refractivity contribution is -0.143. The summed E-state index contributed by atoms with van der Waals surface area (Å²) in [6, 6.07) is 6.99. The molecule has 2 heterocycles. The zero-order chi connectivity index (χ0) is 25.6. The second-order valence-electron chi connectivity index (χ2n) is 7.58. The van der Waals surface area contributed by atoms with Gasteiger partial charge in [0.25, 0.3) is 0 Å². The van der Waals surface area contributed by atoms with Gasteiger partial charge in [-0.3, -0.25) is 0 Å². The summed E-state index contributed by atoms with van der Waals surface area (Å²) < 4.78 is 126. The quantitative estimate of drug-likeness (QED) is 0.428. The standard InChI is InChI=1S/C22H15F7N2O3S/c23-16-3-1-2-13(8-16)18-4-5-30-20-19(18)12-31(6-7-34-20)35(32,33)17-10-14(21(24,25)26)9-15(11-17)22(27,28)29/h1-5,8-11H,6-7,12H2. The fraction of sp³-hybridized carbons (Fsp3) is 0.227. The average molecular weight is 520 g/mol. The predicted octanol–water partition coefficient (Wildman–Crippen LogP) is 5.51. The van der Waals surface area contributed by atoms with Gasteiger partial charge < -0.3 is 4.74 Å². The molecule has 0 fully saturated rings. The SMILES string of the molecule is O=S(=O)(c1cc(C(F)(F)F)cc(C(F)(F)F)c1)N1CCOc2nccc(-c3cccc(F)c3)c2C1. The number of benzene rings is 2. The molecule has 1 aromatic heterocycles. The van der Waals surface area contributed by atoms with Gasteiger partial charge in [-0.1, -0.05) is 12.1 Å². The van der Waals surface area contributed by atoms with Crippen molar-refractivity contribution < 1.29 is 43.9 Å². The van der Waals surface area contributed by atoms with Crippen molar-refractivity contribution in [3.05, 3.63) is 77.2 Å². The van der Waals surface area contributed by atoms with Crippen LogP contribution in [0.15, 0.2) is 59.6 Å². The first-order valence-corrected chi connectivity index (χ1v) is 11.4. The zero-order valence-electron chi connectivity index (χ0n) is 17.5. The number of hydrogen-bond donors (Lipinski definition) is 0. The van der Waals surface area contributed by atoms with Crippen LogP contribution in [0.2, 0.25) is 0 Å². The number of pyridine rings is 1. The fourth-order valence-electron chi connectivity index (χ4n) is 3.61. The normalized spacial score (nSPS) is 15.3. The van der Waals surface area contributed by atoms with Gasteiger partial charge in [0.2, 0.25) is 15.9 Å². The predicted molar refractivity (Wildman–Crippen MR) is 109 cm³/mol. The molecule has 0 radical (unpaired) electrons. The number of aromatic nitrogens is 1. The minimum absolute atomic E-state index is 0.0180. The summed E-state index contributed by atoms with van der Waals surface area (Å²) >= 11 is 0. The number of alkyl halides is 6. The molecule has 1 aliphatic rings. The molecule has 0 amide bonds. The van der Waals surface area contributed by atoms with Gasteiger partial charge in [-0.15, -0.1) is 0 Å². The first kappa shape index (κ1) is 24.9. The highest BCUT2D eigenvalue weighted by molar-refractivity contribution is 7.89. The van der Waals surface area contributed by atoms with E-state index < -0.39 is 50.8 Å². The van der Waals surface area contributed by atoms with Crippen LogP contribution in [0.5, 0.6) is 5.88 Å². The Bertz CT molecular complexity index is 1340. The molecule has 5 nitrogen and oxygen atoms in total. The monoisotopic (exact) mass is 520 g/mol. The summed E-state index contributed by atoms with van der Waals surface area (Å²) in [4.78, 5) is 2.87. The lowest BCUT2D eigenvalue weighted by atomic mass is 10.0. The Hall–Kier alpha value is -3.19. The third-order valence-electron chi connectivity index (χ3n) is 5.26. The highest BCUT2D eigenvalue weighted by atomic mass is 32.2. The van der Waals surface area contributed by atoms with Gasteiger partial charge in [-0.2, -0.15) is 30.6 Å². The Morgan fingerprint density at radius 2 is 1.57 bits per heavy atom. The van der Waals surface area contributed by atoms with Gasteiger partial charge in [-0.25, -0.2) is 17.8 Å². The fourth-order valence-corrected chi connectivity index (χ4v) is 5.07. The molecule has 0 saturated heterocycles. The summed E-state index contributed by atoms with van der Waals surface area (Å²) in [6.07, 6.45) is -9.07. The molecule has 0 atom stereocenters. The highest BCUT2D eigenvalue weighted by Crippen LogP contribution is 2.39. The molecule has 3 aromatic rings. The zero-order valence-corrected chi connectivity index (χ0v) is 18.3. The van der Waals surface area contributed by atoms with E-state index in [2.05, 4.69) is 4.98 Å². The average Bonchev–Trinajstić information content (AvgIpc) is 3.00. The van der Waals surface area contributed by atoms with E-state index >= 15 is 0 Å². The summed E-state index contributed by atoms with van der Waals surface area (Å²) in [5, 5.41) is 0. The maximum Gasteiger partial charge on any atom is 0.416 e. The number of fused-ring (bicyclic) bond motifs is 1. The van der Waals surface area contributed by atoms with Crippen molar-refractivity contribution in [1.82, 2.24) is 9.29 Å². The number of ether oxygens (including phenoxy) is 1. The van der Waals surface area contributed by atoms with Crippen molar-refractivity contribution >= 4 is 10.0 Å². The van der Waals surface area contributed by atoms with Gasteiger partial charge in [0, 0.05) is 24.8 Å². The molecule has 35 heavy (non-hydrogen) atoms. The van der Waals surface area contributed by atoms with E-state index in [1.165, 1.54) is 30.5 Å². The van der Waals surface area contributed by atoms with E-state index in [0.29, 0.717) is 15.4 Å². The first-order chi connectivity index (χ1) is 16.3.